The van der Waals surface area contributed by atoms with E-state index in [1.807, 2.05) is 12.1 Å². The van der Waals surface area contributed by atoms with Crippen molar-refractivity contribution in [2.24, 2.45) is 5.10 Å². The van der Waals surface area contributed by atoms with Crippen LogP contribution in [0.4, 0.5) is 11.4 Å². The summed E-state index contributed by atoms with van der Waals surface area (Å²) < 4.78 is 4.88. The van der Waals surface area contributed by atoms with Gasteiger partial charge < -0.3 is 24.0 Å². The molecule has 1 aliphatic heterocycles. The first-order valence-electron chi connectivity index (χ1n) is 27.6. The Balaban J connectivity index is 0.000000409. The number of fused-ring (bicyclic) bond motifs is 9. The van der Waals surface area contributed by atoms with Crippen LogP contribution in [0.1, 0.15) is 111 Å². The third kappa shape index (κ3) is 9.90. The molecule has 0 bridgehead atoms. The van der Waals surface area contributed by atoms with E-state index in [0.717, 1.165) is 45.2 Å². The molecule has 0 saturated heterocycles. The molecule has 1 radical (unpaired) electrons. The molecule has 3 aromatic heterocycles. The quantitative estimate of drug-likeness (QED) is 0.127. The predicted molar refractivity (Wildman–Crippen MR) is 333 cm³/mol. The molecule has 4 heterocycles. The molecule has 7 heteroatoms. The third-order valence-corrected chi connectivity index (χ3v) is 15.7. The van der Waals surface area contributed by atoms with Gasteiger partial charge in [-0.25, -0.2) is 0 Å². The second-order valence-electron chi connectivity index (χ2n) is 25.4. The Morgan fingerprint density at radius 3 is 1.01 bits per heavy atom. The number of aromatic nitrogens is 3. The van der Waals surface area contributed by atoms with Crippen LogP contribution in [0.5, 0.6) is 0 Å². The molecule has 0 aliphatic carbocycles. The van der Waals surface area contributed by atoms with Crippen LogP contribution in [0, 0.1) is 6.67 Å². The fourth-order valence-corrected chi connectivity index (χ4v) is 11.2. The zero-order valence-corrected chi connectivity index (χ0v) is 49.8. The largest absolute Gasteiger partial charge is 0.657 e. The number of hydrogen-bond donors (Lipinski definition) is 0. The summed E-state index contributed by atoms with van der Waals surface area (Å²) >= 11 is 0. The van der Waals surface area contributed by atoms with Crippen LogP contribution in [0.15, 0.2) is 205 Å². The molecule has 401 valence electrons. The average Bonchev–Trinajstić information content (AvgIpc) is 4.29. The molecule has 79 heavy (non-hydrogen) atoms. The van der Waals surface area contributed by atoms with Gasteiger partial charge in [0.1, 0.15) is 5.84 Å². The standard InChI is InChI=1S/C60H62N5.C12H8N.Au/c1-57(2,3)40-31-41(58(4,5)6)34-44(33-40)62-38-63(45-35-42(59(7,8)9)32-43(36-45)60(10,11)12)61-56(62)39-29-46(64-52-25-17-13-21-48(52)49-22-14-18-26-53(49)64)37-47(30-39)65-54-27-19-15-23-50(54)51-24-16-20-28-55(51)65;1-3-7-11-9(5-1)10-6-2-4-8-12(10)13-11;/h13-38H,1-12H3;1-8H;/q2*-1;. The Kier molecular flexibility index (Phi) is 13.5. The number of hydrazone groups is 1. The van der Waals surface area contributed by atoms with Crippen molar-refractivity contribution in [3.8, 4) is 11.4 Å². The summed E-state index contributed by atoms with van der Waals surface area (Å²) in [6, 6.07) is 72.9. The molecule has 12 aromatic rings. The number of para-hydroxylation sites is 6. The minimum Gasteiger partial charge on any atom is -0.657 e. The molecule has 9 aromatic carbocycles. The Hall–Kier alpha value is -7.61. The molecular weight excluding hydrogens is 1150 g/mol. The molecule has 6 nitrogen and oxygen atoms in total. The molecule has 0 atom stereocenters. The number of rotatable bonds is 5. The van der Waals surface area contributed by atoms with E-state index in [2.05, 4.69) is 302 Å². The second kappa shape index (κ2) is 19.9. The van der Waals surface area contributed by atoms with E-state index in [9.17, 15) is 0 Å². The van der Waals surface area contributed by atoms with Crippen molar-refractivity contribution >= 4 is 82.6 Å². The summed E-state index contributed by atoms with van der Waals surface area (Å²) in [6.07, 6.45) is 0. The molecule has 0 N–H and O–H groups in total. The summed E-state index contributed by atoms with van der Waals surface area (Å²) in [7, 11) is 0. The maximum Gasteiger partial charge on any atom is 0.130 e. The normalized spacial score (nSPS) is 13.4. The fraction of sp³-hybridized carbons (Fsp3) is 0.222. The number of amidine groups is 1. The Morgan fingerprint density at radius 2 is 0.658 bits per heavy atom. The van der Waals surface area contributed by atoms with Crippen molar-refractivity contribution in [2.45, 2.75) is 105 Å². The molecule has 13 rings (SSSR count). The minimum absolute atomic E-state index is 0. The van der Waals surface area contributed by atoms with Gasteiger partial charge in [-0.1, -0.05) is 217 Å². The summed E-state index contributed by atoms with van der Waals surface area (Å²) in [5.74, 6) is 0.860. The van der Waals surface area contributed by atoms with E-state index in [4.69, 9.17) is 5.10 Å². The topological polar surface area (TPSA) is 42.8 Å². The summed E-state index contributed by atoms with van der Waals surface area (Å²) in [5, 5.41) is 15.2. The first-order valence-corrected chi connectivity index (χ1v) is 27.6. The van der Waals surface area contributed by atoms with Gasteiger partial charge in [-0.3, -0.25) is 0 Å². The molecule has 0 amide bonds. The fourth-order valence-electron chi connectivity index (χ4n) is 11.2. The van der Waals surface area contributed by atoms with Crippen molar-refractivity contribution in [2.75, 3.05) is 9.91 Å². The number of nitrogens with zero attached hydrogens (tertiary/aromatic N) is 6. The molecule has 0 fully saturated rings. The van der Waals surface area contributed by atoms with Crippen LogP contribution in [0.2, 0.25) is 0 Å². The molecule has 0 spiro atoms. The minimum atomic E-state index is -0.0739. The van der Waals surface area contributed by atoms with Crippen LogP contribution in [-0.2, 0) is 44.0 Å². The zero-order chi connectivity index (χ0) is 54.5. The Morgan fingerprint density at radius 1 is 0.342 bits per heavy atom. The second-order valence-corrected chi connectivity index (χ2v) is 25.4. The van der Waals surface area contributed by atoms with Crippen LogP contribution in [-0.4, -0.2) is 15.0 Å². The molecule has 0 saturated carbocycles. The average molecular weight is 1220 g/mol. The number of anilines is 2. The summed E-state index contributed by atoms with van der Waals surface area (Å²) in [6.45, 7) is 29.9. The first kappa shape index (κ1) is 53.4. The van der Waals surface area contributed by atoms with Crippen molar-refractivity contribution < 1.29 is 22.4 Å². The van der Waals surface area contributed by atoms with E-state index < -0.39 is 0 Å². The zero-order valence-electron chi connectivity index (χ0n) is 47.6. The van der Waals surface area contributed by atoms with Gasteiger partial charge in [0.2, 0.25) is 0 Å². The van der Waals surface area contributed by atoms with Crippen LogP contribution < -0.4 is 14.9 Å². The maximum absolute atomic E-state index is 5.71. The SMILES string of the molecule is CC(C)(C)c1cc(N2[CH-]N(c3cc(C(C)(C)C)cc(C(C)(C)C)c3)C(c3cc(-n4c5ccccc5c5ccccc54)cc(-n4c5ccccc5c5ccccc54)c3)=N2)cc(C(C)(C)C)c1.[Au].c1ccc2c(c1)[n-]c1ccccc12. The van der Waals surface area contributed by atoms with Crippen molar-refractivity contribution in [3.63, 3.8) is 0 Å². The van der Waals surface area contributed by atoms with Crippen molar-refractivity contribution in [1.29, 1.82) is 0 Å². The van der Waals surface area contributed by atoms with Gasteiger partial charge in [0.25, 0.3) is 0 Å². The Labute approximate surface area is 481 Å². The maximum atomic E-state index is 5.71. The summed E-state index contributed by atoms with van der Waals surface area (Å²) in [5.41, 5.74) is 17.0. The number of benzene rings is 9. The van der Waals surface area contributed by atoms with Crippen LogP contribution in [0.25, 0.3) is 76.8 Å². The van der Waals surface area contributed by atoms with E-state index in [0.29, 0.717) is 0 Å². The first-order chi connectivity index (χ1) is 37.2. The van der Waals surface area contributed by atoms with Gasteiger partial charge in [-0.15, -0.1) is 17.7 Å². The predicted octanol–water partition coefficient (Wildman–Crippen LogP) is 18.8. The van der Waals surface area contributed by atoms with E-state index in [1.54, 1.807) is 0 Å². The van der Waals surface area contributed by atoms with Crippen LogP contribution >= 0.6 is 0 Å². The van der Waals surface area contributed by atoms with E-state index in [1.165, 1.54) is 76.6 Å². The number of hydrogen-bond acceptors (Lipinski definition) is 3. The van der Waals surface area contributed by atoms with Gasteiger partial charge in [0.15, 0.2) is 0 Å². The van der Waals surface area contributed by atoms with Gasteiger partial charge in [-0.05, 0) is 121 Å². The monoisotopic (exact) mass is 1220 g/mol. The Bertz CT molecular complexity index is 3950. The van der Waals surface area contributed by atoms with E-state index in [-0.39, 0.29) is 44.0 Å². The van der Waals surface area contributed by atoms with Crippen LogP contribution in [0.3, 0.4) is 0 Å². The molecule has 1 aliphatic rings. The molecular formula is C72H70AuN6-2. The van der Waals surface area contributed by atoms with E-state index >= 15 is 0 Å². The van der Waals surface area contributed by atoms with Gasteiger partial charge in [0, 0.05) is 72.2 Å². The van der Waals surface area contributed by atoms with Gasteiger partial charge >= 0.3 is 0 Å². The molecule has 0 unspecified atom stereocenters. The third-order valence-electron chi connectivity index (χ3n) is 15.7. The summed E-state index contributed by atoms with van der Waals surface area (Å²) in [4.78, 5) is 6.85. The van der Waals surface area contributed by atoms with Crippen molar-refractivity contribution in [1.82, 2.24) is 14.1 Å². The van der Waals surface area contributed by atoms with Crippen molar-refractivity contribution in [3.05, 3.63) is 235 Å². The smallest absolute Gasteiger partial charge is 0.130 e. The van der Waals surface area contributed by atoms with Gasteiger partial charge in [0.05, 0.1) is 22.1 Å². The van der Waals surface area contributed by atoms with Gasteiger partial charge in [-0.2, -0.15) is 5.10 Å².